The summed E-state index contributed by atoms with van der Waals surface area (Å²) in [6.45, 7) is 4.07. The zero-order valence-corrected chi connectivity index (χ0v) is 16.6. The maximum absolute atomic E-state index is 13.2. The molecular weight excluding hydrogens is 434 g/mol. The molecule has 0 bridgehead atoms. The lowest BCUT2D eigenvalue weighted by Crippen LogP contribution is -2.39. The number of carbonyl (C=O) groups is 1. The summed E-state index contributed by atoms with van der Waals surface area (Å²) < 4.78 is 3.87. The van der Waals surface area contributed by atoms with Gasteiger partial charge in [-0.05, 0) is 62.4 Å². The Kier molecular flexibility index (Phi) is 3.73. The number of nitrogens with one attached hydrogen (secondary N) is 1. The molecule has 0 saturated heterocycles. The van der Waals surface area contributed by atoms with Gasteiger partial charge in [0, 0.05) is 31.7 Å². The SMILES string of the molecule is CC1(C)CCC2=C(C1=O)C(c1ccc(Br)c(Br)c1)n1nccc1N2. The van der Waals surface area contributed by atoms with Crippen molar-refractivity contribution in [3.63, 3.8) is 0 Å². The van der Waals surface area contributed by atoms with Crippen LogP contribution in [-0.2, 0) is 4.79 Å². The van der Waals surface area contributed by atoms with Crippen molar-refractivity contribution >= 4 is 43.5 Å². The third-order valence-corrected chi connectivity index (χ3v) is 6.79. The van der Waals surface area contributed by atoms with Crippen LogP contribution in [-0.4, -0.2) is 15.6 Å². The van der Waals surface area contributed by atoms with Crippen LogP contribution in [0, 0.1) is 5.41 Å². The van der Waals surface area contributed by atoms with Crippen molar-refractivity contribution in [1.29, 1.82) is 0 Å². The first-order chi connectivity index (χ1) is 11.4. The number of carbonyl (C=O) groups excluding carboxylic acids is 1. The van der Waals surface area contributed by atoms with Gasteiger partial charge in [0.05, 0.1) is 6.20 Å². The Hall–Kier alpha value is -1.40. The van der Waals surface area contributed by atoms with Crippen LogP contribution in [0.2, 0.25) is 0 Å². The van der Waals surface area contributed by atoms with E-state index in [1.54, 1.807) is 6.20 Å². The maximum atomic E-state index is 13.2. The fourth-order valence-corrected chi connectivity index (χ4v) is 4.14. The van der Waals surface area contributed by atoms with Crippen LogP contribution >= 0.6 is 31.9 Å². The average molecular weight is 451 g/mol. The number of nitrogens with zero attached hydrogens (tertiary/aromatic N) is 2. The lowest BCUT2D eigenvalue weighted by Gasteiger charge is -2.38. The lowest BCUT2D eigenvalue weighted by atomic mass is 9.71. The number of hydrogen-bond acceptors (Lipinski definition) is 3. The molecule has 1 aliphatic heterocycles. The summed E-state index contributed by atoms with van der Waals surface area (Å²) in [5.41, 5.74) is 2.60. The number of halogens is 2. The third kappa shape index (κ3) is 2.39. The first kappa shape index (κ1) is 16.1. The number of hydrogen-bond donors (Lipinski definition) is 1. The monoisotopic (exact) mass is 449 g/mol. The molecule has 0 fully saturated rings. The van der Waals surface area contributed by atoms with Crippen LogP contribution in [0.1, 0.15) is 38.3 Å². The first-order valence-corrected chi connectivity index (χ1v) is 9.50. The van der Waals surface area contributed by atoms with Gasteiger partial charge in [-0.25, -0.2) is 4.68 Å². The molecule has 1 aromatic heterocycles. The van der Waals surface area contributed by atoms with E-state index in [2.05, 4.69) is 54.4 Å². The summed E-state index contributed by atoms with van der Waals surface area (Å²) in [6, 6.07) is 7.88. The van der Waals surface area contributed by atoms with Crippen molar-refractivity contribution in [2.45, 2.75) is 32.7 Å². The third-order valence-electron chi connectivity index (χ3n) is 4.91. The number of allylic oxidation sites excluding steroid dienone is 2. The summed E-state index contributed by atoms with van der Waals surface area (Å²) in [6.07, 6.45) is 3.52. The highest BCUT2D eigenvalue weighted by molar-refractivity contribution is 9.13. The number of ketones is 1. The number of Topliss-reactive ketones (excluding diaryl/α,β-unsaturated/α-hetero) is 1. The Morgan fingerprint density at radius 1 is 1.25 bits per heavy atom. The molecule has 124 valence electrons. The van der Waals surface area contributed by atoms with Crippen LogP contribution in [0.5, 0.6) is 0 Å². The number of aromatic nitrogens is 2. The Balaban J connectivity index is 1.93. The minimum atomic E-state index is -0.337. The largest absolute Gasteiger partial charge is 0.343 e. The number of anilines is 1. The maximum Gasteiger partial charge on any atom is 0.168 e. The minimum Gasteiger partial charge on any atom is -0.343 e. The smallest absolute Gasteiger partial charge is 0.168 e. The van der Waals surface area contributed by atoms with Gasteiger partial charge in [0.2, 0.25) is 0 Å². The van der Waals surface area contributed by atoms with E-state index in [9.17, 15) is 4.79 Å². The summed E-state index contributed by atoms with van der Waals surface area (Å²) in [4.78, 5) is 13.2. The molecule has 2 aromatic rings. The molecule has 1 aromatic carbocycles. The van der Waals surface area contributed by atoms with Crippen LogP contribution in [0.25, 0.3) is 0 Å². The van der Waals surface area contributed by atoms with Crippen LogP contribution < -0.4 is 5.32 Å². The first-order valence-electron chi connectivity index (χ1n) is 7.92. The average Bonchev–Trinajstić information content (AvgIpc) is 3.00. The Morgan fingerprint density at radius 3 is 2.79 bits per heavy atom. The van der Waals surface area contributed by atoms with Crippen LogP contribution in [0.15, 0.2) is 50.7 Å². The molecule has 1 N–H and O–H groups in total. The molecule has 0 spiro atoms. The minimum absolute atomic E-state index is 0.192. The second-order valence-electron chi connectivity index (χ2n) is 6.97. The Labute approximate surface area is 157 Å². The quantitative estimate of drug-likeness (QED) is 0.659. The van der Waals surface area contributed by atoms with Gasteiger partial charge in [0.25, 0.3) is 0 Å². The van der Waals surface area contributed by atoms with E-state index in [0.717, 1.165) is 44.4 Å². The van der Waals surface area contributed by atoms with E-state index < -0.39 is 0 Å². The van der Waals surface area contributed by atoms with E-state index >= 15 is 0 Å². The molecule has 0 saturated carbocycles. The lowest BCUT2D eigenvalue weighted by molar-refractivity contribution is -0.124. The standard InChI is InChI=1S/C18H17Br2N3O/c1-18(2)7-5-13-15(17(18)24)16(23-14(22-13)6-8-21-23)10-3-4-11(19)12(20)9-10/h3-4,6,8-9,16,22H,5,7H2,1-2H3. The van der Waals surface area contributed by atoms with E-state index in [0.29, 0.717) is 0 Å². The topological polar surface area (TPSA) is 46.9 Å². The molecule has 4 rings (SSSR count). The van der Waals surface area contributed by atoms with Gasteiger partial charge in [-0.3, -0.25) is 4.79 Å². The Morgan fingerprint density at radius 2 is 2.04 bits per heavy atom. The summed E-state index contributed by atoms with van der Waals surface area (Å²) in [5.74, 6) is 1.15. The van der Waals surface area contributed by atoms with E-state index in [1.165, 1.54) is 0 Å². The van der Waals surface area contributed by atoms with Crippen molar-refractivity contribution in [2.75, 3.05) is 5.32 Å². The number of fused-ring (bicyclic) bond motifs is 1. The molecule has 2 heterocycles. The second kappa shape index (κ2) is 5.56. The van der Waals surface area contributed by atoms with Gasteiger partial charge in [0.15, 0.2) is 5.78 Å². The molecule has 24 heavy (non-hydrogen) atoms. The number of rotatable bonds is 1. The van der Waals surface area contributed by atoms with Gasteiger partial charge in [-0.1, -0.05) is 19.9 Å². The molecule has 1 aliphatic carbocycles. The molecule has 2 aliphatic rings. The zero-order valence-electron chi connectivity index (χ0n) is 13.4. The predicted octanol–water partition coefficient (Wildman–Crippen LogP) is 5.07. The van der Waals surface area contributed by atoms with Gasteiger partial charge in [0.1, 0.15) is 11.9 Å². The highest BCUT2D eigenvalue weighted by Crippen LogP contribution is 2.46. The fraction of sp³-hybridized carbons (Fsp3) is 0.333. The molecule has 0 radical (unpaired) electrons. The molecule has 6 heteroatoms. The van der Waals surface area contributed by atoms with E-state index in [1.807, 2.05) is 30.7 Å². The van der Waals surface area contributed by atoms with Gasteiger partial charge in [-0.15, -0.1) is 0 Å². The summed E-state index contributed by atoms with van der Waals surface area (Å²) in [5, 5.41) is 7.89. The second-order valence-corrected chi connectivity index (χ2v) is 8.68. The van der Waals surface area contributed by atoms with Crippen LogP contribution in [0.4, 0.5) is 5.82 Å². The van der Waals surface area contributed by atoms with Gasteiger partial charge in [-0.2, -0.15) is 5.10 Å². The molecular formula is C18H17Br2N3O. The Bertz CT molecular complexity index is 882. The molecule has 4 nitrogen and oxygen atoms in total. The molecule has 1 unspecified atom stereocenters. The highest BCUT2D eigenvalue weighted by atomic mass is 79.9. The van der Waals surface area contributed by atoms with Crippen molar-refractivity contribution in [2.24, 2.45) is 5.41 Å². The van der Waals surface area contributed by atoms with Gasteiger partial charge >= 0.3 is 0 Å². The normalized spacial score (nSPS) is 22.0. The zero-order chi connectivity index (χ0) is 17.1. The summed E-state index contributed by atoms with van der Waals surface area (Å²) >= 11 is 7.09. The van der Waals surface area contributed by atoms with E-state index in [4.69, 9.17) is 0 Å². The molecule has 0 amide bonds. The van der Waals surface area contributed by atoms with E-state index in [-0.39, 0.29) is 17.2 Å². The van der Waals surface area contributed by atoms with Crippen molar-refractivity contribution in [1.82, 2.24) is 9.78 Å². The van der Waals surface area contributed by atoms with Crippen molar-refractivity contribution in [3.8, 4) is 0 Å². The predicted molar refractivity (Wildman–Crippen MR) is 101 cm³/mol. The van der Waals surface area contributed by atoms with Crippen molar-refractivity contribution < 1.29 is 4.79 Å². The summed E-state index contributed by atoms with van der Waals surface area (Å²) in [7, 11) is 0. The molecule has 1 atom stereocenters. The fourth-order valence-electron chi connectivity index (χ4n) is 3.49. The van der Waals surface area contributed by atoms with Crippen LogP contribution in [0.3, 0.4) is 0 Å². The van der Waals surface area contributed by atoms with Gasteiger partial charge < -0.3 is 5.32 Å². The van der Waals surface area contributed by atoms with Crippen molar-refractivity contribution in [3.05, 3.63) is 56.2 Å². The number of benzene rings is 1. The highest BCUT2D eigenvalue weighted by Gasteiger charge is 2.43.